The van der Waals surface area contributed by atoms with Gasteiger partial charge < -0.3 is 19.6 Å². The number of aryl methyl sites for hydroxylation is 1. The monoisotopic (exact) mass is 800 g/mol. The zero-order valence-electron chi connectivity index (χ0n) is 31.0. The first-order valence-electron chi connectivity index (χ1n) is 16.1. The number of benzene rings is 4. The fraction of sp³-hybridized carbons (Fsp3) is 0.295. The summed E-state index contributed by atoms with van der Waals surface area (Å²) in [6.07, 6.45) is 5.99. The van der Waals surface area contributed by atoms with Crippen molar-refractivity contribution < 1.29 is 74.9 Å². The van der Waals surface area contributed by atoms with Crippen molar-refractivity contribution in [2.75, 3.05) is 0 Å². The van der Waals surface area contributed by atoms with E-state index in [4.69, 9.17) is 4.74 Å². The maximum absolute atomic E-state index is 12.4. The number of Topliss-reactive ketones (excluding diaryl/α,β-unsaturated/α-hetero) is 1. The van der Waals surface area contributed by atoms with Gasteiger partial charge in [-0.2, -0.15) is 0 Å². The Morgan fingerprint density at radius 3 is 1.69 bits per heavy atom. The molecule has 1 unspecified atom stereocenters. The van der Waals surface area contributed by atoms with Crippen molar-refractivity contribution in [3.8, 4) is 5.75 Å². The molecule has 0 bridgehead atoms. The van der Waals surface area contributed by atoms with Gasteiger partial charge in [0.05, 0.1) is 0 Å². The molecule has 2 nitrogen and oxygen atoms in total. The van der Waals surface area contributed by atoms with Gasteiger partial charge in [0.1, 0.15) is 11.5 Å². The Morgan fingerprint density at radius 1 is 0.625 bits per heavy atom. The topological polar surface area (TPSA) is 26.3 Å². The normalized spacial score (nSPS) is 13.1. The molecule has 2 aliphatic rings. The van der Waals surface area contributed by atoms with E-state index >= 15 is 0 Å². The zero-order chi connectivity index (χ0) is 32.0. The summed E-state index contributed by atoms with van der Waals surface area (Å²) in [7, 11) is 0. The molecule has 4 aromatic rings. The van der Waals surface area contributed by atoms with E-state index in [9.17, 15) is 4.79 Å². The average molecular weight is 801 g/mol. The quantitative estimate of drug-likeness (QED) is 0.149. The average Bonchev–Trinajstić information content (AvgIpc) is 3.11. The van der Waals surface area contributed by atoms with Crippen LogP contribution in [0.3, 0.4) is 0 Å². The SMILES string of the molecule is C.CC.CC.CC.CC.CC1C=C(c2ccccc2)Oc2ccccc21.O=C1/C(=C/c2ccccc2)CCc2ccccc21.[CH3-].[CH3-].[Y].[Y]. The largest absolute Gasteiger partial charge is 0.457 e. The predicted octanol–water partition coefficient (Wildman–Crippen LogP) is 13.8. The number of hydrogen-bond donors (Lipinski definition) is 0. The van der Waals surface area contributed by atoms with E-state index < -0.39 is 0 Å². The number of para-hydroxylation sites is 1. The third-order valence-corrected chi connectivity index (χ3v) is 6.45. The van der Waals surface area contributed by atoms with Crippen LogP contribution in [0, 0.1) is 14.9 Å². The van der Waals surface area contributed by atoms with Crippen molar-refractivity contribution in [2.24, 2.45) is 0 Å². The molecule has 1 aliphatic carbocycles. The third-order valence-electron chi connectivity index (χ3n) is 6.45. The van der Waals surface area contributed by atoms with Crippen LogP contribution in [0.4, 0.5) is 0 Å². The van der Waals surface area contributed by atoms with Gasteiger partial charge in [-0.3, -0.25) is 4.79 Å². The molecule has 1 atom stereocenters. The molecular formula is C44H62O2Y2-2. The van der Waals surface area contributed by atoms with E-state index in [1.165, 1.54) is 11.1 Å². The number of ketones is 1. The molecule has 0 amide bonds. The maximum atomic E-state index is 12.4. The second kappa shape index (κ2) is 33.5. The van der Waals surface area contributed by atoms with Gasteiger partial charge in [0, 0.05) is 93.6 Å². The number of rotatable bonds is 2. The summed E-state index contributed by atoms with van der Waals surface area (Å²) in [5.41, 5.74) is 6.44. The third kappa shape index (κ3) is 17.1. The van der Waals surface area contributed by atoms with Gasteiger partial charge in [-0.05, 0) is 42.2 Å². The van der Waals surface area contributed by atoms with Gasteiger partial charge in [-0.25, -0.2) is 0 Å². The van der Waals surface area contributed by atoms with Gasteiger partial charge in [-0.15, -0.1) is 0 Å². The van der Waals surface area contributed by atoms with E-state index in [-0.39, 0.29) is 93.5 Å². The first kappa shape index (κ1) is 55.4. The fourth-order valence-corrected chi connectivity index (χ4v) is 4.58. The summed E-state index contributed by atoms with van der Waals surface area (Å²) in [4.78, 5) is 12.4. The summed E-state index contributed by atoms with van der Waals surface area (Å²) < 4.78 is 5.95. The summed E-state index contributed by atoms with van der Waals surface area (Å²) in [5, 5.41) is 0. The summed E-state index contributed by atoms with van der Waals surface area (Å²) in [6, 6.07) is 36.4. The van der Waals surface area contributed by atoms with Crippen molar-refractivity contribution in [3.05, 3.63) is 164 Å². The van der Waals surface area contributed by atoms with Gasteiger partial charge in [0.25, 0.3) is 0 Å². The van der Waals surface area contributed by atoms with Crippen LogP contribution < -0.4 is 4.74 Å². The summed E-state index contributed by atoms with van der Waals surface area (Å²) >= 11 is 0. The van der Waals surface area contributed by atoms with Crippen molar-refractivity contribution >= 4 is 17.6 Å². The van der Waals surface area contributed by atoms with Crippen LogP contribution in [0.1, 0.15) is 115 Å². The van der Waals surface area contributed by atoms with E-state index in [0.29, 0.717) is 5.92 Å². The standard InChI is InChI=1S/C17H14O.C16H14O.4C2H6.CH4.2CH3.2Y/c18-17-15(12-13-6-2-1-3-7-13)11-10-14-8-4-5-9-16(14)17;1-12-11-16(13-7-3-2-4-8-13)17-15-10-6-5-9-14(12)15;4*1-2;;;;;/h1-9,12H,10-11H2;2-12H,1H3;4*1-2H3;1H4;2*1H3;;/q;;;;;;;2*-1;;/b15-12+;;;;;;;;;;. The zero-order valence-corrected chi connectivity index (χ0v) is 36.7. The summed E-state index contributed by atoms with van der Waals surface area (Å²) in [5.74, 6) is 2.51. The molecule has 0 fully saturated rings. The molecule has 258 valence electrons. The molecule has 0 saturated carbocycles. The van der Waals surface area contributed by atoms with Crippen LogP contribution >= 0.6 is 0 Å². The van der Waals surface area contributed by atoms with Gasteiger partial charge in [0.2, 0.25) is 0 Å². The fourth-order valence-electron chi connectivity index (χ4n) is 4.58. The minimum atomic E-state index is 0. The van der Waals surface area contributed by atoms with Crippen LogP contribution in [0.15, 0.2) is 121 Å². The Morgan fingerprint density at radius 2 is 1.10 bits per heavy atom. The minimum Gasteiger partial charge on any atom is -0.457 e. The molecule has 1 aliphatic heterocycles. The van der Waals surface area contributed by atoms with Gasteiger partial charge in [-0.1, -0.05) is 173 Å². The van der Waals surface area contributed by atoms with Crippen LogP contribution in [0.25, 0.3) is 11.8 Å². The molecule has 4 heteroatoms. The number of carbonyl (C=O) groups is 1. The van der Waals surface area contributed by atoms with E-state index in [0.717, 1.165) is 46.6 Å². The Hall–Kier alpha value is -1.96. The van der Waals surface area contributed by atoms with Crippen LogP contribution in [-0.4, -0.2) is 5.78 Å². The second-order valence-electron chi connectivity index (χ2n) is 8.89. The summed E-state index contributed by atoms with van der Waals surface area (Å²) in [6.45, 7) is 18.2. The Labute approximate surface area is 347 Å². The van der Waals surface area contributed by atoms with Crippen molar-refractivity contribution in [1.82, 2.24) is 0 Å². The van der Waals surface area contributed by atoms with Crippen molar-refractivity contribution in [3.63, 3.8) is 0 Å². The second-order valence-corrected chi connectivity index (χ2v) is 8.89. The smallest absolute Gasteiger partial charge is 0.189 e. The molecule has 48 heavy (non-hydrogen) atoms. The van der Waals surface area contributed by atoms with Crippen LogP contribution in [0.2, 0.25) is 0 Å². The molecule has 0 saturated heterocycles. The van der Waals surface area contributed by atoms with E-state index in [1.54, 1.807) is 0 Å². The Bertz CT molecular complexity index is 1390. The molecule has 0 spiro atoms. The number of ether oxygens (including phenoxy) is 1. The molecule has 6 rings (SSSR count). The first-order valence-corrected chi connectivity index (χ1v) is 16.1. The van der Waals surface area contributed by atoms with Crippen LogP contribution in [-0.2, 0) is 71.8 Å². The predicted molar refractivity (Wildman–Crippen MR) is 208 cm³/mol. The number of fused-ring (bicyclic) bond motifs is 2. The molecule has 0 aromatic heterocycles. The number of hydrogen-bond acceptors (Lipinski definition) is 2. The van der Waals surface area contributed by atoms with E-state index in [2.05, 4.69) is 37.3 Å². The van der Waals surface area contributed by atoms with Gasteiger partial charge in [0.15, 0.2) is 5.78 Å². The number of carbonyl (C=O) groups excluding carboxylic acids is 1. The molecule has 1 heterocycles. The maximum Gasteiger partial charge on any atom is 0.189 e. The van der Waals surface area contributed by atoms with Crippen molar-refractivity contribution in [2.45, 2.75) is 88.5 Å². The molecule has 4 aromatic carbocycles. The minimum absolute atomic E-state index is 0. The van der Waals surface area contributed by atoms with Crippen molar-refractivity contribution in [1.29, 1.82) is 0 Å². The number of allylic oxidation sites excluding steroid dienone is 2. The van der Waals surface area contributed by atoms with Gasteiger partial charge >= 0.3 is 0 Å². The molecular weight excluding hydrogens is 738 g/mol. The Kier molecular flexibility index (Phi) is 38.7. The van der Waals surface area contributed by atoms with E-state index in [1.807, 2.05) is 146 Å². The molecule has 2 radical (unpaired) electrons. The molecule has 0 N–H and O–H groups in total. The first-order chi connectivity index (χ1) is 21.2. The Balaban J connectivity index is -0.000000196. The van der Waals surface area contributed by atoms with Crippen LogP contribution in [0.5, 0.6) is 5.75 Å².